The van der Waals surface area contributed by atoms with E-state index in [-0.39, 0.29) is 5.04 Å². The summed E-state index contributed by atoms with van der Waals surface area (Å²) in [7, 11) is -0.901. The third-order valence-corrected chi connectivity index (χ3v) is 9.15. The van der Waals surface area contributed by atoms with Crippen LogP contribution in [0.15, 0.2) is 0 Å². The van der Waals surface area contributed by atoms with Gasteiger partial charge in [0.1, 0.15) is 0 Å². The van der Waals surface area contributed by atoms with Gasteiger partial charge in [0, 0.05) is 20.0 Å². The molecule has 0 aromatic heterocycles. The van der Waals surface area contributed by atoms with Crippen LogP contribution in [0.25, 0.3) is 0 Å². The van der Waals surface area contributed by atoms with Gasteiger partial charge in [0.05, 0.1) is 15.4 Å². The SMILES string of the molecule is [2H]C([2H])(O[Si](C)(C)C(C)(C)C)[C@H]1O[C@H](OC)[C@](C)(OC(C)=O)[C@@H]1C. The van der Waals surface area contributed by atoms with E-state index in [2.05, 4.69) is 20.8 Å². The summed E-state index contributed by atoms with van der Waals surface area (Å²) in [6.07, 6.45) is -1.75. The van der Waals surface area contributed by atoms with Gasteiger partial charge in [-0.1, -0.05) is 27.7 Å². The molecule has 1 heterocycles. The van der Waals surface area contributed by atoms with Gasteiger partial charge in [0.2, 0.25) is 0 Å². The summed E-state index contributed by atoms with van der Waals surface area (Å²) in [5.41, 5.74) is -1.07. The van der Waals surface area contributed by atoms with Crippen molar-refractivity contribution in [2.24, 2.45) is 5.92 Å². The predicted molar refractivity (Wildman–Crippen MR) is 88.2 cm³/mol. The van der Waals surface area contributed by atoms with Crippen molar-refractivity contribution in [3.8, 4) is 0 Å². The minimum absolute atomic E-state index is 0.137. The van der Waals surface area contributed by atoms with Crippen LogP contribution in [0.4, 0.5) is 0 Å². The number of esters is 1. The monoisotopic (exact) mass is 334 g/mol. The Morgan fingerprint density at radius 1 is 1.41 bits per heavy atom. The second-order valence-corrected chi connectivity index (χ2v) is 12.4. The van der Waals surface area contributed by atoms with Crippen molar-refractivity contribution < 1.29 is 26.2 Å². The van der Waals surface area contributed by atoms with Crippen LogP contribution < -0.4 is 0 Å². The van der Waals surface area contributed by atoms with Crippen LogP contribution in [-0.4, -0.2) is 46.0 Å². The molecule has 0 aromatic rings. The van der Waals surface area contributed by atoms with Crippen molar-refractivity contribution in [3.05, 3.63) is 0 Å². The second-order valence-electron chi connectivity index (χ2n) is 7.67. The molecule has 1 rings (SSSR count). The molecule has 0 unspecified atom stereocenters. The highest BCUT2D eigenvalue weighted by Crippen LogP contribution is 2.41. The molecule has 5 nitrogen and oxygen atoms in total. The first-order valence-corrected chi connectivity index (χ1v) is 10.6. The molecule has 0 aromatic carbocycles. The lowest BCUT2D eigenvalue weighted by atomic mass is 9.88. The summed E-state index contributed by atoms with van der Waals surface area (Å²) < 4.78 is 39.5. The van der Waals surface area contributed by atoms with Crippen molar-refractivity contribution in [3.63, 3.8) is 0 Å². The fraction of sp³-hybridized carbons (Fsp3) is 0.938. The molecule has 1 saturated heterocycles. The van der Waals surface area contributed by atoms with E-state index in [4.69, 9.17) is 21.4 Å². The lowest BCUT2D eigenvalue weighted by Crippen LogP contribution is -2.46. The van der Waals surface area contributed by atoms with Crippen LogP contribution in [0.1, 0.15) is 44.3 Å². The van der Waals surface area contributed by atoms with E-state index in [1.165, 1.54) is 14.0 Å². The van der Waals surface area contributed by atoms with Gasteiger partial charge in [-0.05, 0) is 25.1 Å². The van der Waals surface area contributed by atoms with E-state index >= 15 is 0 Å². The van der Waals surface area contributed by atoms with Crippen molar-refractivity contribution in [1.29, 1.82) is 0 Å². The summed E-state index contributed by atoms with van der Waals surface area (Å²) in [5, 5.41) is -0.137. The molecule has 1 fully saturated rings. The highest BCUT2D eigenvalue weighted by atomic mass is 28.4. The fourth-order valence-electron chi connectivity index (χ4n) is 2.13. The molecular weight excluding hydrogens is 300 g/mol. The van der Waals surface area contributed by atoms with Gasteiger partial charge in [-0.2, -0.15) is 0 Å². The smallest absolute Gasteiger partial charge is 0.303 e. The molecule has 0 bridgehead atoms. The Labute approximate surface area is 138 Å². The highest BCUT2D eigenvalue weighted by molar-refractivity contribution is 6.74. The van der Waals surface area contributed by atoms with Gasteiger partial charge in [-0.25, -0.2) is 0 Å². The van der Waals surface area contributed by atoms with Gasteiger partial charge in [0.15, 0.2) is 20.2 Å². The Kier molecular flexibility index (Phi) is 4.92. The van der Waals surface area contributed by atoms with Crippen molar-refractivity contribution in [2.75, 3.05) is 13.7 Å². The summed E-state index contributed by atoms with van der Waals surface area (Å²) in [4.78, 5) is 11.5. The minimum Gasteiger partial charge on any atom is -0.454 e. The number of rotatable bonds is 5. The average Bonchev–Trinajstić information content (AvgIpc) is 2.58. The minimum atomic E-state index is -2.35. The van der Waals surface area contributed by atoms with Crippen molar-refractivity contribution >= 4 is 14.3 Å². The van der Waals surface area contributed by atoms with Crippen molar-refractivity contribution in [2.45, 2.75) is 77.7 Å². The first kappa shape index (κ1) is 16.4. The number of ether oxygens (including phenoxy) is 3. The van der Waals surface area contributed by atoms with Crippen LogP contribution in [0.2, 0.25) is 18.1 Å². The first-order chi connectivity index (χ1) is 10.6. The molecule has 0 amide bonds. The Morgan fingerprint density at radius 2 is 1.95 bits per heavy atom. The van der Waals surface area contributed by atoms with Crippen LogP contribution in [0.5, 0.6) is 0 Å². The Hall–Kier alpha value is -0.433. The van der Waals surface area contributed by atoms with E-state index in [9.17, 15) is 4.79 Å². The maximum absolute atomic E-state index is 11.5. The average molecular weight is 335 g/mol. The largest absolute Gasteiger partial charge is 0.454 e. The van der Waals surface area contributed by atoms with Crippen LogP contribution in [0.3, 0.4) is 0 Å². The Bertz CT molecular complexity index is 478. The zero-order valence-corrected chi connectivity index (χ0v) is 16.3. The molecular formula is C16H32O5Si. The normalized spacial score (nSPS) is 35.0. The molecule has 130 valence electrons. The van der Waals surface area contributed by atoms with Gasteiger partial charge < -0.3 is 18.6 Å². The zero-order valence-electron chi connectivity index (χ0n) is 17.3. The van der Waals surface area contributed by atoms with Crippen LogP contribution in [0, 0.1) is 5.92 Å². The number of hydrogen-bond acceptors (Lipinski definition) is 5. The molecule has 4 atom stereocenters. The summed E-state index contributed by atoms with van der Waals surface area (Å²) in [6, 6.07) is 0. The standard InChI is InChI=1S/C16H32O5Si/c1-11-13(10-19-22(8,9)15(3,4)5)20-14(18-7)16(11,6)21-12(2)17/h11,13-14H,10H2,1-9H3/t11-,13-,14+,16-/m1/s1/i10D2. The lowest BCUT2D eigenvalue weighted by molar-refractivity contribution is -0.206. The number of carbonyl (C=O) groups excluding carboxylic acids is 1. The summed E-state index contributed by atoms with van der Waals surface area (Å²) >= 11 is 0. The molecule has 0 radical (unpaired) electrons. The maximum Gasteiger partial charge on any atom is 0.303 e. The predicted octanol–water partition coefficient (Wildman–Crippen LogP) is 3.34. The fourth-order valence-corrected chi connectivity index (χ4v) is 2.85. The molecule has 22 heavy (non-hydrogen) atoms. The molecule has 6 heteroatoms. The molecule has 1 aliphatic heterocycles. The molecule has 0 spiro atoms. The van der Waals surface area contributed by atoms with Crippen molar-refractivity contribution in [1.82, 2.24) is 0 Å². The topological polar surface area (TPSA) is 54.0 Å². The number of hydrogen-bond donors (Lipinski definition) is 0. The van der Waals surface area contributed by atoms with Gasteiger partial charge in [-0.15, -0.1) is 0 Å². The lowest BCUT2D eigenvalue weighted by Gasteiger charge is -2.37. The van der Waals surface area contributed by atoms with E-state index in [0.717, 1.165) is 0 Å². The summed E-state index contributed by atoms with van der Waals surface area (Å²) in [5.74, 6) is -0.896. The van der Waals surface area contributed by atoms with Gasteiger partial charge in [-0.3, -0.25) is 4.79 Å². The second kappa shape index (κ2) is 6.59. The quantitative estimate of drug-likeness (QED) is 0.570. The highest BCUT2D eigenvalue weighted by Gasteiger charge is 2.55. The van der Waals surface area contributed by atoms with Crippen LogP contribution in [-0.2, 0) is 23.4 Å². The number of carbonyl (C=O) groups is 1. The van der Waals surface area contributed by atoms with Gasteiger partial charge in [0.25, 0.3) is 0 Å². The molecule has 0 aliphatic carbocycles. The Morgan fingerprint density at radius 3 is 2.36 bits per heavy atom. The maximum atomic E-state index is 11.5. The van der Waals surface area contributed by atoms with Gasteiger partial charge >= 0.3 is 5.97 Å². The molecule has 0 N–H and O–H groups in total. The molecule has 0 saturated carbocycles. The number of methoxy groups -OCH3 is 1. The Balaban J connectivity index is 3.11. The van der Waals surface area contributed by atoms with E-state index in [1.54, 1.807) is 13.8 Å². The third kappa shape index (κ3) is 3.90. The summed E-state index contributed by atoms with van der Waals surface area (Å²) in [6.45, 7) is 12.9. The van der Waals surface area contributed by atoms with E-state index < -0.39 is 44.8 Å². The van der Waals surface area contributed by atoms with E-state index in [1.807, 2.05) is 13.1 Å². The first-order valence-electron chi connectivity index (χ1n) is 8.66. The van der Waals surface area contributed by atoms with E-state index in [0.29, 0.717) is 0 Å². The zero-order chi connectivity index (χ0) is 19.1. The molecule has 1 aliphatic rings. The third-order valence-electron chi connectivity index (χ3n) is 4.91. The van der Waals surface area contributed by atoms with Crippen LogP contribution >= 0.6 is 0 Å².